The number of unbranched alkanes of at least 4 members (excludes halogenated alkanes) is 2. The van der Waals surface area contributed by atoms with Crippen LogP contribution in [0.2, 0.25) is 0 Å². The molecule has 1 aromatic carbocycles. The van der Waals surface area contributed by atoms with Gasteiger partial charge in [0.1, 0.15) is 18.0 Å². The molecule has 1 aliphatic carbocycles. The fourth-order valence-electron chi connectivity index (χ4n) is 5.61. The Morgan fingerprint density at radius 1 is 1.05 bits per heavy atom. The van der Waals surface area contributed by atoms with Gasteiger partial charge in [-0.25, -0.2) is 4.79 Å². The number of ether oxygens (including phenoxy) is 2. The van der Waals surface area contributed by atoms with Crippen LogP contribution in [0, 0.1) is 5.41 Å². The molecule has 0 radical (unpaired) electrons. The molecule has 5 nitrogen and oxygen atoms in total. The molecule has 5 heteroatoms. The molecule has 2 atom stereocenters. The minimum absolute atomic E-state index is 0.0386. The SMILES string of the molecule is C=C(C)C(=O)OC1CCC(Oc2ccc3cc(-c4ccc(CC)nc4CC)n(CCCCC)c3c2)C1(C)C. The summed E-state index contributed by atoms with van der Waals surface area (Å²) in [6, 6.07) is 13.2. The first-order valence-corrected chi connectivity index (χ1v) is 14.3. The zero-order valence-corrected chi connectivity index (χ0v) is 24.1. The Balaban J connectivity index is 1.67. The van der Waals surface area contributed by atoms with E-state index in [-0.39, 0.29) is 23.6 Å². The summed E-state index contributed by atoms with van der Waals surface area (Å²) in [4.78, 5) is 17.1. The molecule has 0 saturated heterocycles. The molecule has 0 spiro atoms. The van der Waals surface area contributed by atoms with Crippen LogP contribution in [0.5, 0.6) is 5.75 Å². The van der Waals surface area contributed by atoms with Gasteiger partial charge in [-0.15, -0.1) is 0 Å². The van der Waals surface area contributed by atoms with Crippen molar-refractivity contribution in [2.45, 2.75) is 105 Å². The molecule has 3 aromatic rings. The quantitative estimate of drug-likeness (QED) is 0.147. The number of nitrogens with zero attached hydrogens (tertiary/aromatic N) is 2. The lowest BCUT2D eigenvalue weighted by Crippen LogP contribution is -2.38. The van der Waals surface area contributed by atoms with E-state index in [1.54, 1.807) is 6.92 Å². The van der Waals surface area contributed by atoms with Crippen molar-refractivity contribution < 1.29 is 14.3 Å². The van der Waals surface area contributed by atoms with Crippen LogP contribution < -0.4 is 4.74 Å². The average Bonchev–Trinajstić information content (AvgIpc) is 3.39. The summed E-state index contributed by atoms with van der Waals surface area (Å²) in [6.07, 6.45) is 6.77. The number of aromatic nitrogens is 2. The van der Waals surface area contributed by atoms with Crippen LogP contribution >= 0.6 is 0 Å². The van der Waals surface area contributed by atoms with Crippen molar-refractivity contribution in [1.29, 1.82) is 0 Å². The highest BCUT2D eigenvalue weighted by atomic mass is 16.6. The summed E-state index contributed by atoms with van der Waals surface area (Å²) < 4.78 is 14.8. The number of hydrogen-bond acceptors (Lipinski definition) is 4. The lowest BCUT2D eigenvalue weighted by Gasteiger charge is -2.32. The van der Waals surface area contributed by atoms with Gasteiger partial charge in [0.2, 0.25) is 0 Å². The highest BCUT2D eigenvalue weighted by Gasteiger charge is 2.47. The Kier molecular flexibility index (Phi) is 8.64. The fourth-order valence-corrected chi connectivity index (χ4v) is 5.61. The zero-order chi connectivity index (χ0) is 27.4. The largest absolute Gasteiger partial charge is 0.490 e. The second-order valence-electron chi connectivity index (χ2n) is 11.3. The fraction of sp³-hybridized carbons (Fsp3) is 0.515. The molecule has 1 aliphatic rings. The lowest BCUT2D eigenvalue weighted by atomic mass is 9.86. The summed E-state index contributed by atoms with van der Waals surface area (Å²) in [7, 11) is 0. The highest BCUT2D eigenvalue weighted by Crippen LogP contribution is 2.43. The van der Waals surface area contributed by atoms with Gasteiger partial charge in [0.15, 0.2) is 0 Å². The number of carbonyl (C=O) groups is 1. The molecule has 1 fully saturated rings. The molecule has 1 saturated carbocycles. The molecule has 2 unspecified atom stereocenters. The first kappa shape index (κ1) is 27.9. The lowest BCUT2D eigenvalue weighted by molar-refractivity contribution is -0.150. The number of fused-ring (bicyclic) bond motifs is 1. The normalized spacial score (nSPS) is 18.6. The number of pyridine rings is 1. The maximum atomic E-state index is 12.2. The van der Waals surface area contributed by atoms with E-state index in [1.165, 1.54) is 35.0 Å². The van der Waals surface area contributed by atoms with E-state index in [1.807, 2.05) is 0 Å². The first-order valence-electron chi connectivity index (χ1n) is 14.3. The predicted octanol–water partition coefficient (Wildman–Crippen LogP) is 8.07. The van der Waals surface area contributed by atoms with Crippen molar-refractivity contribution in [3.8, 4) is 17.0 Å². The molecule has 204 valence electrons. The summed E-state index contributed by atoms with van der Waals surface area (Å²) in [6.45, 7) is 17.2. The maximum Gasteiger partial charge on any atom is 0.333 e. The second-order valence-corrected chi connectivity index (χ2v) is 11.3. The number of hydrogen-bond donors (Lipinski definition) is 0. The van der Waals surface area contributed by atoms with Crippen molar-refractivity contribution >= 4 is 16.9 Å². The van der Waals surface area contributed by atoms with Crippen LogP contribution in [0.15, 0.2) is 48.6 Å². The van der Waals surface area contributed by atoms with E-state index in [0.717, 1.165) is 55.8 Å². The minimum Gasteiger partial charge on any atom is -0.490 e. The maximum absolute atomic E-state index is 12.2. The molecule has 0 aliphatic heterocycles. The van der Waals surface area contributed by atoms with Gasteiger partial charge in [0.25, 0.3) is 0 Å². The Hall–Kier alpha value is -3.08. The minimum atomic E-state index is -0.324. The Morgan fingerprint density at radius 3 is 2.50 bits per heavy atom. The van der Waals surface area contributed by atoms with Crippen LogP contribution in [0.25, 0.3) is 22.2 Å². The van der Waals surface area contributed by atoms with E-state index in [9.17, 15) is 4.79 Å². The van der Waals surface area contributed by atoms with E-state index in [4.69, 9.17) is 14.5 Å². The Bertz CT molecular complexity index is 1300. The molecule has 0 amide bonds. The van der Waals surface area contributed by atoms with Crippen molar-refractivity contribution in [3.63, 3.8) is 0 Å². The smallest absolute Gasteiger partial charge is 0.333 e. The Morgan fingerprint density at radius 2 is 1.82 bits per heavy atom. The third kappa shape index (κ3) is 5.67. The van der Waals surface area contributed by atoms with Crippen molar-refractivity contribution in [1.82, 2.24) is 9.55 Å². The Labute approximate surface area is 228 Å². The molecule has 0 N–H and O–H groups in total. The molecule has 2 heterocycles. The summed E-state index contributed by atoms with van der Waals surface area (Å²) in [5.74, 6) is 0.537. The van der Waals surface area contributed by atoms with Gasteiger partial charge in [0.05, 0.1) is 11.2 Å². The number of benzene rings is 1. The van der Waals surface area contributed by atoms with Gasteiger partial charge in [-0.2, -0.15) is 0 Å². The number of esters is 1. The summed E-state index contributed by atoms with van der Waals surface area (Å²) >= 11 is 0. The van der Waals surface area contributed by atoms with Crippen LogP contribution in [0.4, 0.5) is 0 Å². The molecule has 0 bridgehead atoms. The molecule has 38 heavy (non-hydrogen) atoms. The van der Waals surface area contributed by atoms with Crippen molar-refractivity contribution in [2.24, 2.45) is 5.41 Å². The molecular weight excluding hydrogens is 472 g/mol. The summed E-state index contributed by atoms with van der Waals surface area (Å²) in [5, 5.41) is 1.21. The van der Waals surface area contributed by atoms with E-state index in [0.29, 0.717) is 5.57 Å². The summed E-state index contributed by atoms with van der Waals surface area (Å²) in [5.41, 5.74) is 6.08. The molecular formula is C33H44N2O3. The van der Waals surface area contributed by atoms with E-state index < -0.39 is 0 Å². The van der Waals surface area contributed by atoms with Crippen molar-refractivity contribution in [3.05, 3.63) is 59.9 Å². The van der Waals surface area contributed by atoms with Gasteiger partial charge in [0, 0.05) is 45.9 Å². The average molecular weight is 517 g/mol. The monoisotopic (exact) mass is 516 g/mol. The highest BCUT2D eigenvalue weighted by molar-refractivity contribution is 5.88. The second kappa shape index (κ2) is 11.8. The molecule has 4 rings (SSSR count). The zero-order valence-electron chi connectivity index (χ0n) is 24.1. The van der Waals surface area contributed by atoms with E-state index >= 15 is 0 Å². The van der Waals surface area contributed by atoms with Gasteiger partial charge in [-0.3, -0.25) is 4.98 Å². The standard InChI is InChI=1S/C33H44N2O3/c1-8-11-12-19-35-28-21-25(37-30-17-18-31(33(30,6)7)38-32(36)22(4)5)15-13-23(28)20-29(35)26-16-14-24(9-2)34-27(26)10-3/h13-16,20-21,30-31H,4,8-12,17-19H2,1-3,5-7H3. The third-order valence-corrected chi connectivity index (χ3v) is 8.09. The third-order valence-electron chi connectivity index (χ3n) is 8.09. The molecule has 2 aromatic heterocycles. The van der Waals surface area contributed by atoms with Gasteiger partial charge >= 0.3 is 5.97 Å². The van der Waals surface area contributed by atoms with Crippen LogP contribution in [-0.4, -0.2) is 27.7 Å². The van der Waals surface area contributed by atoms with Crippen LogP contribution in [0.3, 0.4) is 0 Å². The van der Waals surface area contributed by atoms with Gasteiger partial charge in [-0.05, 0) is 69.4 Å². The topological polar surface area (TPSA) is 53.4 Å². The van der Waals surface area contributed by atoms with Crippen LogP contribution in [0.1, 0.15) is 85.0 Å². The van der Waals surface area contributed by atoms with E-state index in [2.05, 4.69) is 82.2 Å². The van der Waals surface area contributed by atoms with Gasteiger partial charge in [-0.1, -0.05) is 54.0 Å². The number of carbonyl (C=O) groups excluding carboxylic acids is 1. The van der Waals surface area contributed by atoms with Gasteiger partial charge < -0.3 is 14.0 Å². The van der Waals surface area contributed by atoms with Crippen LogP contribution in [-0.2, 0) is 28.9 Å². The van der Waals surface area contributed by atoms with Crippen molar-refractivity contribution in [2.75, 3.05) is 0 Å². The first-order chi connectivity index (χ1) is 18.2. The number of rotatable bonds is 11. The number of aryl methyl sites for hydroxylation is 3. The predicted molar refractivity (Wildman–Crippen MR) is 156 cm³/mol.